The summed E-state index contributed by atoms with van der Waals surface area (Å²) in [4.78, 5) is 14.3. The van der Waals surface area contributed by atoms with Gasteiger partial charge in [0.15, 0.2) is 17.3 Å². The fourth-order valence-electron chi connectivity index (χ4n) is 1.05. The minimum atomic E-state index is -5.25. The van der Waals surface area contributed by atoms with Gasteiger partial charge in [-0.1, -0.05) is 0 Å². The fraction of sp³-hybridized carbons (Fsp3) is 0.333. The quantitative estimate of drug-likeness (QED) is 0.625. The van der Waals surface area contributed by atoms with Crippen molar-refractivity contribution in [2.45, 2.75) is 13.0 Å². The van der Waals surface area contributed by atoms with Gasteiger partial charge in [0.1, 0.15) is 6.67 Å². The number of esters is 1. The Hall–Kier alpha value is -1.93. The first-order valence-corrected chi connectivity index (χ1v) is 4.37. The maximum atomic E-state index is 13.4. The molecule has 0 aromatic carbocycles. The number of aromatic nitrogens is 1. The van der Waals surface area contributed by atoms with Crippen LogP contribution in [0.25, 0.3) is 0 Å². The Morgan fingerprint density at radius 1 is 1.44 bits per heavy atom. The van der Waals surface area contributed by atoms with Crippen molar-refractivity contribution in [2.24, 2.45) is 0 Å². The van der Waals surface area contributed by atoms with Crippen LogP contribution in [0.3, 0.4) is 0 Å². The molecule has 0 unspecified atom stereocenters. The van der Waals surface area contributed by atoms with Crippen LogP contribution in [0, 0.1) is 5.82 Å². The molecule has 9 heteroatoms. The van der Waals surface area contributed by atoms with Crippen LogP contribution in [0.1, 0.15) is 16.1 Å². The van der Waals surface area contributed by atoms with Crippen LogP contribution in [0.15, 0.2) is 6.20 Å². The summed E-state index contributed by atoms with van der Waals surface area (Å²) in [7, 11) is 0.863. The third-order valence-electron chi connectivity index (χ3n) is 1.79. The number of hydrogen-bond donors (Lipinski definition) is 0. The van der Waals surface area contributed by atoms with E-state index in [0.29, 0.717) is 6.20 Å². The Balaban J connectivity index is 3.35. The van der Waals surface area contributed by atoms with Crippen LogP contribution in [0.5, 0.6) is 5.75 Å². The van der Waals surface area contributed by atoms with Crippen LogP contribution >= 0.6 is 0 Å². The lowest BCUT2D eigenvalue weighted by Crippen LogP contribution is -2.21. The van der Waals surface area contributed by atoms with Crippen molar-refractivity contribution in [3.8, 4) is 5.75 Å². The zero-order chi connectivity index (χ0) is 13.9. The average molecular weight is 271 g/mol. The van der Waals surface area contributed by atoms with E-state index in [1.807, 2.05) is 0 Å². The van der Waals surface area contributed by atoms with E-state index in [1.165, 1.54) is 0 Å². The van der Waals surface area contributed by atoms with E-state index in [2.05, 4.69) is 14.5 Å². The number of methoxy groups -OCH3 is 1. The van der Waals surface area contributed by atoms with Crippen molar-refractivity contribution >= 4 is 5.97 Å². The van der Waals surface area contributed by atoms with E-state index >= 15 is 0 Å². The van der Waals surface area contributed by atoms with E-state index in [9.17, 15) is 26.7 Å². The molecule has 0 aliphatic heterocycles. The first-order valence-electron chi connectivity index (χ1n) is 4.37. The van der Waals surface area contributed by atoms with Gasteiger partial charge in [-0.15, -0.1) is 13.2 Å². The average Bonchev–Trinajstić information content (AvgIpc) is 2.29. The Morgan fingerprint density at radius 3 is 2.50 bits per heavy atom. The SMILES string of the molecule is COC(=O)c1ncc(CF)c(F)c1OC(F)(F)F. The molecule has 4 nitrogen and oxygen atoms in total. The monoisotopic (exact) mass is 271 g/mol. The lowest BCUT2D eigenvalue weighted by atomic mass is 10.2. The smallest absolute Gasteiger partial charge is 0.464 e. The van der Waals surface area contributed by atoms with Crippen LogP contribution in [-0.2, 0) is 11.4 Å². The van der Waals surface area contributed by atoms with Crippen LogP contribution in [0.4, 0.5) is 22.0 Å². The van der Waals surface area contributed by atoms with E-state index in [1.54, 1.807) is 0 Å². The summed E-state index contributed by atoms with van der Waals surface area (Å²) in [5.74, 6) is -4.49. The van der Waals surface area contributed by atoms with Gasteiger partial charge < -0.3 is 9.47 Å². The maximum absolute atomic E-state index is 13.4. The Labute approximate surface area is 97.3 Å². The molecule has 0 radical (unpaired) electrons. The number of carbonyl (C=O) groups excluding carboxylic acids is 1. The van der Waals surface area contributed by atoms with Crippen LogP contribution in [0.2, 0.25) is 0 Å². The summed E-state index contributed by atoms with van der Waals surface area (Å²) in [6.45, 7) is -1.39. The van der Waals surface area contributed by atoms with E-state index in [0.717, 1.165) is 7.11 Å². The van der Waals surface area contributed by atoms with E-state index in [-0.39, 0.29) is 0 Å². The van der Waals surface area contributed by atoms with E-state index in [4.69, 9.17) is 0 Å². The molecule has 0 aliphatic rings. The Bertz CT molecular complexity index is 460. The highest BCUT2D eigenvalue weighted by Crippen LogP contribution is 2.30. The van der Waals surface area contributed by atoms with Crippen molar-refractivity contribution in [3.05, 3.63) is 23.3 Å². The molecule has 0 N–H and O–H groups in total. The normalized spacial score (nSPS) is 11.2. The third-order valence-corrected chi connectivity index (χ3v) is 1.79. The van der Waals surface area contributed by atoms with Crippen molar-refractivity contribution in [1.29, 1.82) is 0 Å². The number of pyridine rings is 1. The zero-order valence-electron chi connectivity index (χ0n) is 8.85. The number of carbonyl (C=O) groups is 1. The van der Waals surface area contributed by atoms with Gasteiger partial charge in [-0.25, -0.2) is 18.6 Å². The minimum Gasteiger partial charge on any atom is -0.464 e. The maximum Gasteiger partial charge on any atom is 0.573 e. The molecule has 1 rings (SSSR count). The molecular formula is C9H6F5NO3. The molecule has 0 bridgehead atoms. The van der Waals surface area contributed by atoms with Gasteiger partial charge >= 0.3 is 12.3 Å². The number of nitrogens with zero attached hydrogens (tertiary/aromatic N) is 1. The molecule has 18 heavy (non-hydrogen) atoms. The molecule has 1 aromatic heterocycles. The van der Waals surface area contributed by atoms with Gasteiger partial charge in [0.05, 0.1) is 7.11 Å². The summed E-state index contributed by atoms with van der Waals surface area (Å²) in [5, 5.41) is 0. The topological polar surface area (TPSA) is 48.4 Å². The third kappa shape index (κ3) is 3.05. The molecule has 1 heterocycles. The lowest BCUT2D eigenvalue weighted by Gasteiger charge is -2.13. The standard InChI is InChI=1S/C9H6F5NO3/c1-17-8(16)6-7(18-9(12,13)14)5(11)4(2-10)3-15-6/h3H,2H2,1H3. The van der Waals surface area contributed by atoms with E-state index < -0.39 is 41.8 Å². The van der Waals surface area contributed by atoms with Crippen molar-refractivity contribution in [3.63, 3.8) is 0 Å². The molecule has 1 aromatic rings. The van der Waals surface area contributed by atoms with Gasteiger partial charge in [-0.05, 0) is 0 Å². The van der Waals surface area contributed by atoms with Gasteiger partial charge in [0, 0.05) is 11.8 Å². The number of hydrogen-bond acceptors (Lipinski definition) is 4. The first kappa shape index (κ1) is 14.1. The second kappa shape index (κ2) is 5.15. The first-order chi connectivity index (χ1) is 8.30. The number of alkyl halides is 4. The number of rotatable bonds is 3. The predicted octanol–water partition coefficient (Wildman–Crippen LogP) is 2.38. The van der Waals surface area contributed by atoms with Gasteiger partial charge in [-0.3, -0.25) is 0 Å². The van der Waals surface area contributed by atoms with Gasteiger partial charge in [-0.2, -0.15) is 0 Å². The second-order valence-electron chi connectivity index (χ2n) is 2.95. The zero-order valence-corrected chi connectivity index (χ0v) is 8.85. The van der Waals surface area contributed by atoms with Crippen LogP contribution < -0.4 is 4.74 Å². The second-order valence-corrected chi connectivity index (χ2v) is 2.95. The lowest BCUT2D eigenvalue weighted by molar-refractivity contribution is -0.275. The molecule has 0 amide bonds. The molecule has 0 saturated carbocycles. The minimum absolute atomic E-state index is 0.588. The summed E-state index contributed by atoms with van der Waals surface area (Å²) >= 11 is 0. The Morgan fingerprint density at radius 2 is 2.06 bits per heavy atom. The number of halogens is 5. The summed E-state index contributed by atoms with van der Waals surface area (Å²) in [5.41, 5.74) is -1.79. The van der Waals surface area contributed by atoms with Gasteiger partial charge in [0.25, 0.3) is 0 Å². The fourth-order valence-corrected chi connectivity index (χ4v) is 1.05. The summed E-state index contributed by atoms with van der Waals surface area (Å²) < 4.78 is 69.3. The molecule has 0 saturated heterocycles. The van der Waals surface area contributed by atoms with Crippen LogP contribution in [-0.4, -0.2) is 24.4 Å². The van der Waals surface area contributed by atoms with Gasteiger partial charge in [0.2, 0.25) is 0 Å². The Kier molecular flexibility index (Phi) is 4.04. The van der Waals surface area contributed by atoms with Crippen molar-refractivity contribution in [1.82, 2.24) is 4.98 Å². The highest BCUT2D eigenvalue weighted by molar-refractivity contribution is 5.90. The molecule has 100 valence electrons. The molecule has 0 atom stereocenters. The van der Waals surface area contributed by atoms with Crippen molar-refractivity contribution in [2.75, 3.05) is 7.11 Å². The molecule has 0 aliphatic carbocycles. The predicted molar refractivity (Wildman–Crippen MR) is 47.0 cm³/mol. The molecule has 0 fully saturated rings. The summed E-state index contributed by atoms with van der Waals surface area (Å²) in [6.07, 6.45) is -4.66. The number of ether oxygens (including phenoxy) is 2. The summed E-state index contributed by atoms with van der Waals surface area (Å²) in [6, 6.07) is 0. The molecule has 0 spiro atoms. The van der Waals surface area contributed by atoms with Crippen molar-refractivity contribution < 1.29 is 36.2 Å². The largest absolute Gasteiger partial charge is 0.573 e. The highest BCUT2D eigenvalue weighted by Gasteiger charge is 2.36. The highest BCUT2D eigenvalue weighted by atomic mass is 19.4. The molecular weight excluding hydrogens is 265 g/mol.